The minimum Gasteiger partial charge on any atom is -0.358 e. The molecule has 0 radical (unpaired) electrons. The van der Waals surface area contributed by atoms with E-state index in [0.717, 1.165) is 17.1 Å². The number of thiocarbonyl (C=S) groups is 1. The largest absolute Gasteiger partial charge is 0.358 e. The maximum atomic E-state index is 12.6. The molecular formula is C18H18N4OS. The molecule has 0 spiro atoms. The summed E-state index contributed by atoms with van der Waals surface area (Å²) in [6.45, 7) is 2.24. The summed E-state index contributed by atoms with van der Waals surface area (Å²) in [5.41, 5.74) is 3.12. The Bertz CT molecular complexity index is 884. The van der Waals surface area contributed by atoms with Crippen LogP contribution in [0.25, 0.3) is 5.69 Å². The van der Waals surface area contributed by atoms with Gasteiger partial charge >= 0.3 is 0 Å². The Morgan fingerprint density at radius 2 is 1.71 bits per heavy atom. The van der Waals surface area contributed by atoms with Gasteiger partial charge in [-0.05, 0) is 43.4 Å². The molecule has 1 aromatic heterocycles. The molecule has 24 heavy (non-hydrogen) atoms. The summed E-state index contributed by atoms with van der Waals surface area (Å²) in [6.07, 6.45) is 0. The Morgan fingerprint density at radius 1 is 1.08 bits per heavy atom. The van der Waals surface area contributed by atoms with Gasteiger partial charge in [-0.15, -0.1) is 0 Å². The Kier molecular flexibility index (Phi) is 4.77. The number of nitrogens with zero attached hydrogens (tertiary/aromatic N) is 1. The van der Waals surface area contributed by atoms with E-state index in [1.165, 1.54) is 0 Å². The van der Waals surface area contributed by atoms with Crippen LogP contribution in [0, 0.1) is 6.92 Å². The summed E-state index contributed by atoms with van der Waals surface area (Å²) in [5, 5.41) is 9.75. The van der Waals surface area contributed by atoms with Gasteiger partial charge in [0.2, 0.25) is 0 Å². The van der Waals surface area contributed by atoms with Crippen LogP contribution in [0.15, 0.2) is 65.5 Å². The minimum atomic E-state index is -0.0753. The molecule has 0 unspecified atom stereocenters. The van der Waals surface area contributed by atoms with Crippen LogP contribution in [0.4, 0.5) is 5.69 Å². The van der Waals surface area contributed by atoms with E-state index in [4.69, 9.17) is 12.2 Å². The van der Waals surface area contributed by atoms with Crippen molar-refractivity contribution in [3.05, 3.63) is 82.3 Å². The summed E-state index contributed by atoms with van der Waals surface area (Å²) in [4.78, 5) is 12.6. The molecule has 2 aromatic carbocycles. The molecule has 3 rings (SSSR count). The second-order valence-corrected chi connectivity index (χ2v) is 5.77. The molecule has 0 amide bonds. The lowest BCUT2D eigenvalue weighted by molar-refractivity contribution is 0.832. The maximum absolute atomic E-state index is 12.6. The monoisotopic (exact) mass is 338 g/mol. The standard InChI is InChI=1S/C18H18N4OS/c1-13-16(12-19-18(24)20-14-8-4-2-5-9-14)17(23)22(21-13)15-10-6-3-7-11-15/h2-11,21H,12H2,1H3,(H2,19,20,24). The average Bonchev–Trinajstić information content (AvgIpc) is 2.89. The zero-order valence-corrected chi connectivity index (χ0v) is 14.1. The van der Waals surface area contributed by atoms with Gasteiger partial charge in [0, 0.05) is 17.9 Å². The predicted octanol–water partition coefficient (Wildman–Crippen LogP) is 2.96. The Hall–Kier alpha value is -2.86. The first kappa shape index (κ1) is 16.0. The maximum Gasteiger partial charge on any atom is 0.276 e. The number of hydrogen-bond donors (Lipinski definition) is 3. The molecule has 122 valence electrons. The van der Waals surface area contributed by atoms with Crippen molar-refractivity contribution in [2.45, 2.75) is 13.5 Å². The lowest BCUT2D eigenvalue weighted by Crippen LogP contribution is -2.30. The van der Waals surface area contributed by atoms with Crippen LogP contribution in [0.2, 0.25) is 0 Å². The first-order valence-corrected chi connectivity index (χ1v) is 8.02. The highest BCUT2D eigenvalue weighted by atomic mass is 32.1. The van der Waals surface area contributed by atoms with Gasteiger partial charge in [0.15, 0.2) is 5.11 Å². The van der Waals surface area contributed by atoms with Crippen molar-refractivity contribution in [2.24, 2.45) is 0 Å². The summed E-state index contributed by atoms with van der Waals surface area (Å²) in [6, 6.07) is 19.1. The van der Waals surface area contributed by atoms with Gasteiger partial charge in [-0.25, -0.2) is 4.68 Å². The van der Waals surface area contributed by atoms with Crippen LogP contribution < -0.4 is 16.2 Å². The number of H-pyrrole nitrogens is 1. The molecule has 0 bridgehead atoms. The number of aromatic nitrogens is 2. The molecule has 0 fully saturated rings. The molecule has 0 aliphatic rings. The van der Waals surface area contributed by atoms with E-state index in [2.05, 4.69) is 15.7 Å². The molecule has 6 heteroatoms. The van der Waals surface area contributed by atoms with Crippen molar-refractivity contribution in [1.82, 2.24) is 15.1 Å². The third-order valence-electron chi connectivity index (χ3n) is 3.67. The number of benzene rings is 2. The molecule has 0 saturated heterocycles. The van der Waals surface area contributed by atoms with Crippen molar-refractivity contribution in [3.8, 4) is 5.69 Å². The van der Waals surface area contributed by atoms with Crippen LogP contribution >= 0.6 is 12.2 Å². The number of anilines is 1. The van der Waals surface area contributed by atoms with Gasteiger partial charge in [0.1, 0.15) is 0 Å². The second-order valence-electron chi connectivity index (χ2n) is 5.37. The fraction of sp³-hybridized carbons (Fsp3) is 0.111. The van der Waals surface area contributed by atoms with Gasteiger partial charge in [-0.2, -0.15) is 0 Å². The molecule has 3 N–H and O–H groups in total. The Balaban J connectivity index is 1.71. The number of aryl methyl sites for hydroxylation is 1. The number of hydrogen-bond acceptors (Lipinski definition) is 2. The fourth-order valence-corrected chi connectivity index (χ4v) is 2.60. The topological polar surface area (TPSA) is 61.9 Å². The lowest BCUT2D eigenvalue weighted by Gasteiger charge is -2.09. The summed E-state index contributed by atoms with van der Waals surface area (Å²) in [7, 11) is 0. The van der Waals surface area contributed by atoms with E-state index in [-0.39, 0.29) is 5.56 Å². The van der Waals surface area contributed by atoms with E-state index in [1.54, 1.807) is 4.68 Å². The smallest absolute Gasteiger partial charge is 0.276 e. The predicted molar refractivity (Wildman–Crippen MR) is 101 cm³/mol. The molecular weight excluding hydrogens is 320 g/mol. The van der Waals surface area contributed by atoms with Crippen molar-refractivity contribution >= 4 is 23.0 Å². The molecule has 0 saturated carbocycles. The highest BCUT2D eigenvalue weighted by molar-refractivity contribution is 7.80. The van der Waals surface area contributed by atoms with Crippen molar-refractivity contribution in [2.75, 3.05) is 5.32 Å². The lowest BCUT2D eigenvalue weighted by atomic mass is 10.2. The fourth-order valence-electron chi connectivity index (χ4n) is 2.41. The van der Waals surface area contributed by atoms with Crippen molar-refractivity contribution < 1.29 is 0 Å². The van der Waals surface area contributed by atoms with E-state index in [9.17, 15) is 4.79 Å². The zero-order valence-electron chi connectivity index (χ0n) is 13.2. The average molecular weight is 338 g/mol. The molecule has 0 aliphatic heterocycles. The molecule has 0 aliphatic carbocycles. The molecule has 3 aromatic rings. The van der Waals surface area contributed by atoms with Crippen LogP contribution in [0.1, 0.15) is 11.3 Å². The summed E-state index contributed by atoms with van der Waals surface area (Å²) in [5.74, 6) is 0. The second kappa shape index (κ2) is 7.14. The van der Waals surface area contributed by atoms with Gasteiger partial charge in [-0.1, -0.05) is 36.4 Å². The van der Waals surface area contributed by atoms with E-state index in [1.807, 2.05) is 67.6 Å². The number of para-hydroxylation sites is 2. The number of nitrogens with one attached hydrogen (secondary N) is 3. The van der Waals surface area contributed by atoms with Gasteiger partial charge in [0.25, 0.3) is 5.56 Å². The van der Waals surface area contributed by atoms with E-state index >= 15 is 0 Å². The third-order valence-corrected chi connectivity index (χ3v) is 3.91. The quantitative estimate of drug-likeness (QED) is 0.640. The van der Waals surface area contributed by atoms with E-state index < -0.39 is 0 Å². The third kappa shape index (κ3) is 3.55. The Labute approximate surface area is 145 Å². The van der Waals surface area contributed by atoms with Crippen molar-refractivity contribution in [1.29, 1.82) is 0 Å². The van der Waals surface area contributed by atoms with Gasteiger partial charge < -0.3 is 10.6 Å². The van der Waals surface area contributed by atoms with E-state index in [0.29, 0.717) is 17.2 Å². The van der Waals surface area contributed by atoms with Crippen LogP contribution in [-0.4, -0.2) is 14.9 Å². The SMILES string of the molecule is Cc1[nH]n(-c2ccccc2)c(=O)c1CNC(=S)Nc1ccccc1. The number of rotatable bonds is 4. The van der Waals surface area contributed by atoms with Crippen molar-refractivity contribution in [3.63, 3.8) is 0 Å². The summed E-state index contributed by atoms with van der Waals surface area (Å²) < 4.78 is 1.54. The van der Waals surface area contributed by atoms with Crippen LogP contribution in [0.3, 0.4) is 0 Å². The Morgan fingerprint density at radius 3 is 2.38 bits per heavy atom. The minimum absolute atomic E-state index is 0.0753. The zero-order chi connectivity index (χ0) is 16.9. The van der Waals surface area contributed by atoms with Gasteiger partial charge in [-0.3, -0.25) is 9.89 Å². The van der Waals surface area contributed by atoms with Crippen LogP contribution in [0.5, 0.6) is 0 Å². The molecule has 5 nitrogen and oxygen atoms in total. The first-order chi connectivity index (χ1) is 11.6. The van der Waals surface area contributed by atoms with Crippen LogP contribution in [-0.2, 0) is 6.54 Å². The molecule has 1 heterocycles. The van der Waals surface area contributed by atoms with Gasteiger partial charge in [0.05, 0.1) is 11.3 Å². The summed E-state index contributed by atoms with van der Waals surface area (Å²) >= 11 is 5.28. The normalized spacial score (nSPS) is 10.4. The highest BCUT2D eigenvalue weighted by Crippen LogP contribution is 2.07. The number of aromatic amines is 1. The first-order valence-electron chi connectivity index (χ1n) is 7.61. The molecule has 0 atom stereocenters. The highest BCUT2D eigenvalue weighted by Gasteiger charge is 2.12.